The summed E-state index contributed by atoms with van der Waals surface area (Å²) < 4.78 is 6.72. The molecule has 5 nitrogen and oxygen atoms in total. The number of nitrogens with one attached hydrogen (secondary N) is 1. The van der Waals surface area contributed by atoms with Gasteiger partial charge in [0.1, 0.15) is 0 Å². The third-order valence-electron chi connectivity index (χ3n) is 1.92. The van der Waals surface area contributed by atoms with Gasteiger partial charge in [-0.2, -0.15) is 5.10 Å². The van der Waals surface area contributed by atoms with E-state index in [1.807, 2.05) is 24.8 Å². The first-order chi connectivity index (χ1) is 7.27. The molecule has 1 rings (SSSR count). The number of aromatic nitrogens is 2. The van der Waals surface area contributed by atoms with Gasteiger partial charge >= 0.3 is 0 Å². The number of methoxy groups -OCH3 is 1. The maximum atomic E-state index is 7.73. The summed E-state index contributed by atoms with van der Waals surface area (Å²) in [5, 5.41) is 13.8. The van der Waals surface area contributed by atoms with Crippen LogP contribution in [0.5, 0.6) is 0 Å². The predicted molar refractivity (Wildman–Crippen MR) is 57.9 cm³/mol. The summed E-state index contributed by atoms with van der Waals surface area (Å²) in [5.74, 6) is 0. The Balaban J connectivity index is 2.59. The molecule has 0 amide bonds. The van der Waals surface area contributed by atoms with E-state index in [0.717, 1.165) is 5.56 Å². The zero-order chi connectivity index (χ0) is 11.1. The highest BCUT2D eigenvalue weighted by Crippen LogP contribution is 1.99. The van der Waals surface area contributed by atoms with Crippen molar-refractivity contribution in [3.63, 3.8) is 0 Å². The molecular weight excluding hydrogens is 192 g/mol. The lowest BCUT2D eigenvalue weighted by Gasteiger charge is -1.98. The number of nitrogens with two attached hydrogens (primary N) is 1. The third-order valence-corrected chi connectivity index (χ3v) is 1.92. The second-order valence-electron chi connectivity index (χ2n) is 3.09. The van der Waals surface area contributed by atoms with Crippen LogP contribution in [0.3, 0.4) is 0 Å². The maximum absolute atomic E-state index is 7.73. The Morgan fingerprint density at radius 2 is 2.53 bits per heavy atom. The van der Waals surface area contributed by atoms with Gasteiger partial charge in [-0.25, -0.2) is 0 Å². The molecular formula is C10H17N4O+. The monoisotopic (exact) mass is 209 g/mol. The number of hydrogen-bond acceptors (Lipinski definition) is 3. The van der Waals surface area contributed by atoms with Crippen LogP contribution in [0.1, 0.15) is 5.56 Å². The quantitative estimate of drug-likeness (QED) is 0.626. The van der Waals surface area contributed by atoms with Crippen molar-refractivity contribution in [2.75, 3.05) is 20.8 Å². The van der Waals surface area contributed by atoms with Gasteiger partial charge in [-0.05, 0) is 0 Å². The van der Waals surface area contributed by atoms with Gasteiger partial charge in [-0.3, -0.25) is 10.1 Å². The lowest BCUT2D eigenvalue weighted by Crippen LogP contribution is -2.72. The second kappa shape index (κ2) is 6.10. The van der Waals surface area contributed by atoms with Crippen molar-refractivity contribution in [3.05, 3.63) is 30.2 Å². The molecule has 1 aromatic heterocycles. The first kappa shape index (κ1) is 11.6. The molecule has 5 heteroatoms. The molecule has 0 unspecified atom stereocenters. The zero-order valence-electron chi connectivity index (χ0n) is 9.10. The number of quaternary nitrogens is 1. The highest BCUT2D eigenvalue weighted by molar-refractivity contribution is 6.05. The van der Waals surface area contributed by atoms with Crippen LogP contribution in [-0.2, 0) is 11.3 Å². The summed E-state index contributed by atoms with van der Waals surface area (Å²) in [7, 11) is 3.58. The standard InChI is InChI=1S/C10H16N4O/c1-12-4-3-10(11)9-7-13-14(8-9)5-6-15-2/h3-4,7-8,11-12H,5-6H2,1-2H3/p+1. The summed E-state index contributed by atoms with van der Waals surface area (Å²) in [6.45, 7) is 1.35. The van der Waals surface area contributed by atoms with Gasteiger partial charge in [-0.1, -0.05) is 0 Å². The molecule has 0 bridgehead atoms. The summed E-state index contributed by atoms with van der Waals surface area (Å²) in [5.41, 5.74) is 1.29. The Morgan fingerprint density at radius 3 is 3.20 bits per heavy atom. The van der Waals surface area contributed by atoms with Crippen LogP contribution in [0, 0.1) is 5.41 Å². The minimum atomic E-state index is 0.469. The molecule has 0 aliphatic heterocycles. The molecule has 1 aromatic rings. The Morgan fingerprint density at radius 1 is 1.73 bits per heavy atom. The maximum Gasteiger partial charge on any atom is 0.0945 e. The van der Waals surface area contributed by atoms with Gasteiger partial charge < -0.3 is 10.1 Å². The van der Waals surface area contributed by atoms with E-state index in [0.29, 0.717) is 18.9 Å². The molecule has 0 saturated carbocycles. The number of ether oxygens (including phenoxy) is 1. The van der Waals surface area contributed by atoms with Crippen molar-refractivity contribution in [3.8, 4) is 0 Å². The average Bonchev–Trinajstić information content (AvgIpc) is 2.71. The molecule has 15 heavy (non-hydrogen) atoms. The first-order valence-electron chi connectivity index (χ1n) is 4.84. The molecule has 82 valence electrons. The Labute approximate surface area is 89.3 Å². The predicted octanol–water partition coefficient (Wildman–Crippen LogP) is -0.396. The lowest BCUT2D eigenvalue weighted by atomic mass is 10.2. The Hall–Kier alpha value is -1.46. The topological polar surface area (TPSA) is 67.5 Å². The zero-order valence-corrected chi connectivity index (χ0v) is 9.10. The number of hydrogen-bond donors (Lipinski definition) is 2. The van der Waals surface area contributed by atoms with E-state index in [-0.39, 0.29) is 0 Å². The van der Waals surface area contributed by atoms with Crippen molar-refractivity contribution in [1.82, 2.24) is 9.78 Å². The normalized spacial score (nSPS) is 11.1. The fourth-order valence-electron chi connectivity index (χ4n) is 1.10. The minimum Gasteiger partial charge on any atom is -0.383 e. The first-order valence-corrected chi connectivity index (χ1v) is 4.84. The number of allylic oxidation sites excluding steroid dienone is 1. The molecule has 1 heterocycles. The van der Waals surface area contributed by atoms with Crippen LogP contribution in [-0.4, -0.2) is 36.3 Å². The van der Waals surface area contributed by atoms with Gasteiger partial charge in [0.2, 0.25) is 0 Å². The van der Waals surface area contributed by atoms with Crippen molar-refractivity contribution < 1.29 is 10.1 Å². The highest BCUT2D eigenvalue weighted by atomic mass is 16.5. The largest absolute Gasteiger partial charge is 0.383 e. The van der Waals surface area contributed by atoms with E-state index < -0.39 is 0 Å². The lowest BCUT2D eigenvalue weighted by molar-refractivity contribution is -0.556. The molecule has 0 spiro atoms. The van der Waals surface area contributed by atoms with Crippen LogP contribution in [0.25, 0.3) is 0 Å². The van der Waals surface area contributed by atoms with Crippen LogP contribution in [0.15, 0.2) is 24.7 Å². The molecule has 0 radical (unpaired) electrons. The second-order valence-corrected chi connectivity index (χ2v) is 3.09. The van der Waals surface area contributed by atoms with Crippen LogP contribution in [0.2, 0.25) is 0 Å². The van der Waals surface area contributed by atoms with Crippen molar-refractivity contribution in [1.29, 1.82) is 5.41 Å². The van der Waals surface area contributed by atoms with Gasteiger partial charge in [0, 0.05) is 24.9 Å². The van der Waals surface area contributed by atoms with E-state index in [1.165, 1.54) is 0 Å². The van der Waals surface area contributed by atoms with Crippen LogP contribution in [0.4, 0.5) is 0 Å². The fraction of sp³-hybridized carbons (Fsp3) is 0.400. The van der Waals surface area contributed by atoms with E-state index in [1.54, 1.807) is 24.1 Å². The molecule has 0 fully saturated rings. The van der Waals surface area contributed by atoms with Gasteiger partial charge in [0.15, 0.2) is 0 Å². The van der Waals surface area contributed by atoms with E-state index in [4.69, 9.17) is 10.1 Å². The summed E-state index contributed by atoms with van der Waals surface area (Å²) in [4.78, 5) is 0. The molecule has 0 aromatic carbocycles. The highest BCUT2D eigenvalue weighted by Gasteiger charge is 2.01. The summed E-state index contributed by atoms with van der Waals surface area (Å²) in [6, 6.07) is 0. The Kier molecular flexibility index (Phi) is 4.73. The molecule has 3 N–H and O–H groups in total. The van der Waals surface area contributed by atoms with Gasteiger partial charge in [0.05, 0.1) is 38.3 Å². The molecule has 0 atom stereocenters. The Bertz CT molecular complexity index is 343. The van der Waals surface area contributed by atoms with Gasteiger partial charge in [0.25, 0.3) is 0 Å². The van der Waals surface area contributed by atoms with Crippen molar-refractivity contribution in [2.45, 2.75) is 6.54 Å². The minimum absolute atomic E-state index is 0.469. The van der Waals surface area contributed by atoms with Gasteiger partial charge in [-0.15, -0.1) is 0 Å². The van der Waals surface area contributed by atoms with E-state index >= 15 is 0 Å². The summed E-state index contributed by atoms with van der Waals surface area (Å²) in [6.07, 6.45) is 7.13. The third kappa shape index (κ3) is 3.65. The van der Waals surface area contributed by atoms with E-state index in [9.17, 15) is 0 Å². The van der Waals surface area contributed by atoms with Crippen molar-refractivity contribution >= 4 is 5.71 Å². The SMILES string of the molecule is C[NH2+]C=CC(=N)c1cnn(CCOC)c1. The molecule has 0 saturated heterocycles. The van der Waals surface area contributed by atoms with Crippen LogP contribution < -0.4 is 5.32 Å². The molecule has 0 aliphatic rings. The fourth-order valence-corrected chi connectivity index (χ4v) is 1.10. The summed E-state index contributed by atoms with van der Waals surface area (Å²) >= 11 is 0. The van der Waals surface area contributed by atoms with Crippen molar-refractivity contribution in [2.24, 2.45) is 0 Å². The van der Waals surface area contributed by atoms with E-state index in [2.05, 4.69) is 5.10 Å². The number of rotatable bonds is 6. The molecule has 0 aliphatic carbocycles. The number of nitrogens with zero attached hydrogens (tertiary/aromatic N) is 2. The average molecular weight is 209 g/mol. The smallest absolute Gasteiger partial charge is 0.0945 e. The van der Waals surface area contributed by atoms with Crippen LogP contribution >= 0.6 is 0 Å².